The van der Waals surface area contributed by atoms with E-state index < -0.39 is 34.5 Å². The van der Waals surface area contributed by atoms with Crippen LogP contribution in [0.3, 0.4) is 0 Å². The number of nitrogen functional groups attached to an aromatic ring is 1. The van der Waals surface area contributed by atoms with E-state index in [1.165, 1.54) is 23.1 Å². The smallest absolute Gasteiger partial charge is 0.351 e. The van der Waals surface area contributed by atoms with E-state index in [0.717, 1.165) is 34.6 Å². The fraction of sp³-hybridized carbons (Fsp3) is 0.364. The van der Waals surface area contributed by atoms with Crippen molar-refractivity contribution >= 4 is 74.9 Å². The maximum absolute atomic E-state index is 12.5. The molecule has 4 rings (SSSR count). The van der Waals surface area contributed by atoms with Crippen LogP contribution in [-0.4, -0.2) is 82.1 Å². The van der Waals surface area contributed by atoms with Crippen LogP contribution in [-0.2, 0) is 21.5 Å². The van der Waals surface area contributed by atoms with Gasteiger partial charge in [-0.25, -0.2) is 14.3 Å². The molecule has 1 aliphatic rings. The van der Waals surface area contributed by atoms with Crippen LogP contribution in [0.2, 0.25) is 0 Å². The Hall–Kier alpha value is -3.16. The van der Waals surface area contributed by atoms with Crippen molar-refractivity contribution in [2.45, 2.75) is 27.9 Å². The van der Waals surface area contributed by atoms with Gasteiger partial charge in [-0.15, -0.1) is 23.1 Å². The lowest BCUT2D eigenvalue weighted by Gasteiger charge is -2.31. The fourth-order valence-electron chi connectivity index (χ4n) is 3.68. The first-order valence-electron chi connectivity index (χ1n) is 11.6. The Balaban J connectivity index is 1.60. The van der Waals surface area contributed by atoms with Crippen molar-refractivity contribution in [1.82, 2.24) is 19.8 Å². The number of anilines is 1. The molecule has 0 aliphatic carbocycles. The molecule has 212 valence electrons. The number of oxime groups is 1. The number of carbonyl (C=O) groups is 2. The van der Waals surface area contributed by atoms with E-state index >= 15 is 0 Å². The number of nitrogens with zero attached hydrogens (tertiary/aromatic N) is 6. The third kappa shape index (κ3) is 6.94. The van der Waals surface area contributed by atoms with E-state index in [2.05, 4.69) is 24.5 Å². The summed E-state index contributed by atoms with van der Waals surface area (Å²) in [5, 5.41) is 34.4. The molecule has 0 amide bonds. The van der Waals surface area contributed by atoms with Crippen LogP contribution >= 0.6 is 46.4 Å². The van der Waals surface area contributed by atoms with Crippen LogP contribution in [0, 0.1) is 5.92 Å². The van der Waals surface area contributed by atoms with Crippen LogP contribution in [0.4, 0.5) is 5.13 Å². The third-order valence-electron chi connectivity index (χ3n) is 5.56. The van der Waals surface area contributed by atoms with Crippen LogP contribution in [0.25, 0.3) is 11.3 Å². The Morgan fingerprint density at radius 3 is 2.67 bits per heavy atom. The molecule has 0 radical (unpaired) electrons. The molecule has 0 saturated heterocycles. The van der Waals surface area contributed by atoms with Gasteiger partial charge in [-0.2, -0.15) is 14.8 Å². The quantitative estimate of drug-likeness (QED) is 0.110. The first-order valence-corrected chi connectivity index (χ1v) is 15.2. The molecule has 0 saturated carbocycles. The van der Waals surface area contributed by atoms with Gasteiger partial charge < -0.3 is 26.0 Å². The summed E-state index contributed by atoms with van der Waals surface area (Å²) < 4.78 is 6.62. The first kappa shape index (κ1) is 29.8. The molecular formula is C22H25N8O6S4+. The number of aryl methyl sites for hydroxylation is 1. The second-order valence-corrected chi connectivity index (χ2v) is 12.5. The number of rotatable bonds is 12. The highest BCUT2D eigenvalue weighted by Crippen LogP contribution is 2.38. The highest BCUT2D eigenvalue weighted by molar-refractivity contribution is 8.05. The van der Waals surface area contributed by atoms with Crippen molar-refractivity contribution in [1.29, 1.82) is 0 Å². The zero-order valence-electron chi connectivity index (χ0n) is 21.1. The molecule has 0 spiro atoms. The lowest BCUT2D eigenvalue weighted by Crippen LogP contribution is -2.51. The van der Waals surface area contributed by atoms with Gasteiger partial charge in [-0.1, -0.05) is 16.9 Å². The molecule has 4 atom stereocenters. The minimum Gasteiger partial charge on any atom is -0.481 e. The fourth-order valence-corrected chi connectivity index (χ4v) is 7.76. The number of aromatic nitrogens is 4. The van der Waals surface area contributed by atoms with Gasteiger partial charge in [0, 0.05) is 40.4 Å². The molecule has 0 aromatic carbocycles. The lowest BCUT2D eigenvalue weighted by atomic mass is 9.95. The van der Waals surface area contributed by atoms with Gasteiger partial charge in [0.05, 0.1) is 17.0 Å². The van der Waals surface area contributed by atoms with Gasteiger partial charge in [0.25, 0.3) is 0 Å². The molecule has 18 heteroatoms. The normalized spacial score (nSPS) is 19.1. The van der Waals surface area contributed by atoms with Gasteiger partial charge in [-0.05, 0) is 6.92 Å². The van der Waals surface area contributed by atoms with Crippen molar-refractivity contribution in [3.8, 4) is 11.3 Å². The predicted octanol–water partition coefficient (Wildman–Crippen LogP) is 1.62. The van der Waals surface area contributed by atoms with Crippen molar-refractivity contribution < 1.29 is 34.4 Å². The number of hydroxylamine groups is 1. The summed E-state index contributed by atoms with van der Waals surface area (Å²) in [6.07, 6.45) is 3.82. The number of nitrogens with one attached hydrogen (secondary N) is 1. The Kier molecular flexibility index (Phi) is 10.0. The van der Waals surface area contributed by atoms with Crippen molar-refractivity contribution in [2.75, 3.05) is 18.1 Å². The second-order valence-electron chi connectivity index (χ2n) is 8.22. The molecule has 4 heterocycles. The molecular weight excluding hydrogens is 601 g/mol. The van der Waals surface area contributed by atoms with Crippen molar-refractivity contribution in [3.05, 3.63) is 35.7 Å². The number of pyridine rings is 1. The van der Waals surface area contributed by atoms with E-state index in [1.807, 2.05) is 47.0 Å². The number of aliphatic carboxylic acids is 2. The van der Waals surface area contributed by atoms with E-state index in [1.54, 1.807) is 6.92 Å². The number of thiazole rings is 1. The molecule has 6 N–H and O–H groups in total. The summed E-state index contributed by atoms with van der Waals surface area (Å²) in [6, 6.07) is 2.48. The summed E-state index contributed by atoms with van der Waals surface area (Å²) in [5.74, 6) is -3.89. The standard InChI is InChI=1S/C22H24N8O6S4/c1-3-36-28-16(17-26-21(23)40-29-17)15(27-35)13(19(31)32)18-25-14(20(33)34)12(9-37-18)39-22-24-11(8-38-22)10-4-6-30(2)7-5-10/h4-8,12-13,15,18,27,35H,3,9H2,1-2H3,(H3-,23,26,29,31,32,33,34)/p+1. The number of aliphatic imine (C=N–C) groups is 1. The van der Waals surface area contributed by atoms with Crippen LogP contribution in [0.15, 0.2) is 44.4 Å². The molecule has 40 heavy (non-hydrogen) atoms. The van der Waals surface area contributed by atoms with Gasteiger partial charge in [-0.3, -0.25) is 9.79 Å². The average molecular weight is 626 g/mol. The number of thioether (sulfide) groups is 2. The SMILES string of the molecule is CCON=C(c1nsc(N)n1)C(NO)C(C(=O)O)C1N=C(C(=O)O)C(Sc2nc(-c3cc[n+](C)cc3)cs2)CS1. The van der Waals surface area contributed by atoms with E-state index in [0.29, 0.717) is 4.34 Å². The van der Waals surface area contributed by atoms with Crippen LogP contribution in [0.1, 0.15) is 12.7 Å². The molecule has 14 nitrogen and oxygen atoms in total. The van der Waals surface area contributed by atoms with Gasteiger partial charge in [0.1, 0.15) is 36.4 Å². The first-order chi connectivity index (χ1) is 19.2. The summed E-state index contributed by atoms with van der Waals surface area (Å²) in [7, 11) is 1.92. The number of nitrogens with two attached hydrogens (primary N) is 1. The van der Waals surface area contributed by atoms with Crippen molar-refractivity contribution in [3.63, 3.8) is 0 Å². The average Bonchev–Trinajstić information content (AvgIpc) is 3.58. The maximum atomic E-state index is 12.5. The van der Waals surface area contributed by atoms with E-state index in [9.17, 15) is 25.0 Å². The molecule has 3 aromatic rings. The Morgan fingerprint density at radius 2 is 2.08 bits per heavy atom. The van der Waals surface area contributed by atoms with E-state index in [4.69, 9.17) is 10.6 Å². The highest BCUT2D eigenvalue weighted by Gasteiger charge is 2.44. The zero-order chi connectivity index (χ0) is 28.8. The third-order valence-corrected chi connectivity index (χ3v) is 9.76. The Morgan fingerprint density at radius 1 is 1.32 bits per heavy atom. The van der Waals surface area contributed by atoms with Gasteiger partial charge in [0.2, 0.25) is 0 Å². The largest absolute Gasteiger partial charge is 0.481 e. The number of hydrogen-bond donors (Lipinski definition) is 5. The Bertz CT molecular complexity index is 1410. The summed E-state index contributed by atoms with van der Waals surface area (Å²) in [5.41, 5.74) is 9.04. The monoisotopic (exact) mass is 625 g/mol. The zero-order valence-corrected chi connectivity index (χ0v) is 24.3. The minimum atomic E-state index is -1.47. The topological polar surface area (TPSA) is 209 Å². The number of hydrogen-bond acceptors (Lipinski definition) is 15. The molecule has 4 unspecified atom stereocenters. The Labute approximate surface area is 244 Å². The second kappa shape index (κ2) is 13.5. The highest BCUT2D eigenvalue weighted by atomic mass is 32.2. The molecule has 0 bridgehead atoms. The number of carboxylic acids is 2. The van der Waals surface area contributed by atoms with Crippen molar-refractivity contribution in [2.24, 2.45) is 23.1 Å². The minimum absolute atomic E-state index is 0.0304. The summed E-state index contributed by atoms with van der Waals surface area (Å²) >= 11 is 4.65. The maximum Gasteiger partial charge on any atom is 0.351 e. The van der Waals surface area contributed by atoms with Crippen LogP contribution in [0.5, 0.6) is 0 Å². The summed E-state index contributed by atoms with van der Waals surface area (Å²) in [4.78, 5) is 42.8. The van der Waals surface area contributed by atoms with E-state index in [-0.39, 0.29) is 34.7 Å². The van der Waals surface area contributed by atoms with Gasteiger partial charge in [0.15, 0.2) is 27.7 Å². The summed E-state index contributed by atoms with van der Waals surface area (Å²) in [6.45, 7) is 1.82. The molecule has 1 aliphatic heterocycles. The lowest BCUT2D eigenvalue weighted by molar-refractivity contribution is -0.671. The van der Waals surface area contributed by atoms with Gasteiger partial charge >= 0.3 is 11.9 Å². The van der Waals surface area contributed by atoms with Crippen LogP contribution < -0.4 is 15.8 Å². The molecule has 0 fully saturated rings. The predicted molar refractivity (Wildman–Crippen MR) is 152 cm³/mol. The molecule has 3 aromatic heterocycles. The number of carboxylic acid groups (broad SMARTS) is 2.